The Morgan fingerprint density at radius 2 is 1.86 bits per heavy atom. The van der Waals surface area contributed by atoms with Crippen LogP contribution in [0.15, 0.2) is 21.4 Å². The maximum absolute atomic E-state index is 12.1. The second-order valence-electron chi connectivity index (χ2n) is 6.36. The smallest absolute Gasteiger partial charge is 0.324 e. The predicted molar refractivity (Wildman–Crippen MR) is 89.3 cm³/mol. The Balaban J connectivity index is 2.13. The van der Waals surface area contributed by atoms with Crippen LogP contribution in [0, 0.1) is 11.8 Å². The fourth-order valence-corrected chi connectivity index (χ4v) is 4.33. The van der Waals surface area contributed by atoms with Gasteiger partial charge < -0.3 is 5.73 Å². The molecule has 21 heavy (non-hydrogen) atoms. The van der Waals surface area contributed by atoms with Gasteiger partial charge in [0.25, 0.3) is 0 Å². The molecule has 1 fully saturated rings. The Hall–Kier alpha value is -1.07. The van der Waals surface area contributed by atoms with Crippen molar-refractivity contribution in [1.82, 2.24) is 9.13 Å². The van der Waals surface area contributed by atoms with Crippen molar-refractivity contribution in [3.8, 4) is 0 Å². The SMILES string of the molecule is CC1CCCC1C(N)c1cc2c(cc1Br)n(C)c(=O)n2C. The largest absolute Gasteiger partial charge is 0.328 e. The number of imidazole rings is 1. The topological polar surface area (TPSA) is 52.9 Å². The van der Waals surface area contributed by atoms with Crippen molar-refractivity contribution in [2.45, 2.75) is 32.2 Å². The van der Waals surface area contributed by atoms with E-state index in [1.165, 1.54) is 19.3 Å². The van der Waals surface area contributed by atoms with Crippen LogP contribution in [0.25, 0.3) is 11.0 Å². The molecule has 2 aromatic rings. The fourth-order valence-electron chi connectivity index (χ4n) is 3.73. The third kappa shape index (κ3) is 2.27. The molecule has 0 spiro atoms. The Labute approximate surface area is 133 Å². The predicted octanol–water partition coefficient (Wildman–Crippen LogP) is 3.08. The molecule has 1 saturated carbocycles. The number of hydrogen-bond donors (Lipinski definition) is 1. The molecule has 1 aromatic carbocycles. The molecule has 0 radical (unpaired) electrons. The summed E-state index contributed by atoms with van der Waals surface area (Å²) in [7, 11) is 3.61. The molecule has 1 aliphatic carbocycles. The number of aryl methyl sites for hydroxylation is 2. The van der Waals surface area contributed by atoms with Gasteiger partial charge in [-0.15, -0.1) is 0 Å². The van der Waals surface area contributed by atoms with Crippen LogP contribution in [-0.2, 0) is 14.1 Å². The van der Waals surface area contributed by atoms with Crippen molar-refractivity contribution in [3.63, 3.8) is 0 Å². The van der Waals surface area contributed by atoms with E-state index in [0.717, 1.165) is 21.1 Å². The van der Waals surface area contributed by atoms with Crippen molar-refractivity contribution >= 4 is 27.0 Å². The van der Waals surface area contributed by atoms with E-state index in [0.29, 0.717) is 11.8 Å². The molecule has 0 saturated heterocycles. The zero-order valence-corrected chi connectivity index (χ0v) is 14.4. The first-order chi connectivity index (χ1) is 9.91. The number of benzene rings is 1. The molecule has 3 unspecified atom stereocenters. The molecule has 5 heteroatoms. The summed E-state index contributed by atoms with van der Waals surface area (Å²) in [6.45, 7) is 2.29. The minimum absolute atomic E-state index is 0.00291. The molecule has 3 rings (SSSR count). The summed E-state index contributed by atoms with van der Waals surface area (Å²) in [6.07, 6.45) is 3.73. The normalized spacial score (nSPS) is 23.9. The number of fused-ring (bicyclic) bond motifs is 1. The monoisotopic (exact) mass is 351 g/mol. The van der Waals surface area contributed by atoms with Crippen molar-refractivity contribution in [2.24, 2.45) is 31.7 Å². The highest BCUT2D eigenvalue weighted by atomic mass is 79.9. The molecule has 2 N–H and O–H groups in total. The molecule has 0 bridgehead atoms. The van der Waals surface area contributed by atoms with Crippen LogP contribution in [-0.4, -0.2) is 9.13 Å². The Kier molecular flexibility index (Phi) is 3.74. The van der Waals surface area contributed by atoms with Gasteiger partial charge in [-0.25, -0.2) is 4.79 Å². The zero-order chi connectivity index (χ0) is 15.3. The third-order valence-corrected chi connectivity index (χ3v) is 5.83. The second-order valence-corrected chi connectivity index (χ2v) is 7.22. The number of nitrogens with two attached hydrogens (primary N) is 1. The summed E-state index contributed by atoms with van der Waals surface area (Å²) in [5, 5.41) is 0. The highest BCUT2D eigenvalue weighted by molar-refractivity contribution is 9.10. The molecule has 114 valence electrons. The minimum Gasteiger partial charge on any atom is -0.324 e. The minimum atomic E-state index is -0.00291. The van der Waals surface area contributed by atoms with Crippen LogP contribution in [0.3, 0.4) is 0 Å². The highest BCUT2D eigenvalue weighted by Crippen LogP contribution is 2.41. The van der Waals surface area contributed by atoms with E-state index in [2.05, 4.69) is 28.9 Å². The number of aromatic nitrogens is 2. The van der Waals surface area contributed by atoms with E-state index in [1.807, 2.05) is 13.1 Å². The fraction of sp³-hybridized carbons (Fsp3) is 0.562. The van der Waals surface area contributed by atoms with Gasteiger partial charge >= 0.3 is 5.69 Å². The Morgan fingerprint density at radius 3 is 2.43 bits per heavy atom. The summed E-state index contributed by atoms with van der Waals surface area (Å²) in [4.78, 5) is 12.1. The van der Waals surface area contributed by atoms with Gasteiger partial charge in [0.1, 0.15) is 0 Å². The van der Waals surface area contributed by atoms with E-state index in [9.17, 15) is 4.79 Å². The molecule has 1 aromatic heterocycles. The third-order valence-electron chi connectivity index (χ3n) is 5.14. The average Bonchev–Trinajstić information content (AvgIpc) is 2.97. The van der Waals surface area contributed by atoms with E-state index < -0.39 is 0 Å². The molecular weight excluding hydrogens is 330 g/mol. The van der Waals surface area contributed by atoms with Crippen LogP contribution in [0.4, 0.5) is 0 Å². The number of halogens is 1. The second kappa shape index (κ2) is 5.29. The lowest BCUT2D eigenvalue weighted by molar-refractivity contribution is 0.350. The van der Waals surface area contributed by atoms with Crippen LogP contribution in [0.2, 0.25) is 0 Å². The van der Waals surface area contributed by atoms with Gasteiger partial charge in [-0.2, -0.15) is 0 Å². The summed E-state index contributed by atoms with van der Waals surface area (Å²) < 4.78 is 4.37. The van der Waals surface area contributed by atoms with E-state index >= 15 is 0 Å². The molecule has 1 aliphatic rings. The van der Waals surface area contributed by atoms with Crippen molar-refractivity contribution in [1.29, 1.82) is 0 Å². The van der Waals surface area contributed by atoms with Gasteiger partial charge in [0.15, 0.2) is 0 Å². The van der Waals surface area contributed by atoms with Crippen molar-refractivity contribution in [2.75, 3.05) is 0 Å². The van der Waals surface area contributed by atoms with E-state index in [1.54, 1.807) is 16.2 Å². The quantitative estimate of drug-likeness (QED) is 0.903. The standard InChI is InChI=1S/C16H22BrN3O/c1-9-5-4-6-10(9)15(18)11-7-13-14(8-12(11)17)20(3)16(21)19(13)2/h7-10,15H,4-6,18H2,1-3H3. The van der Waals surface area contributed by atoms with E-state index in [-0.39, 0.29) is 11.7 Å². The highest BCUT2D eigenvalue weighted by Gasteiger charge is 2.31. The van der Waals surface area contributed by atoms with Crippen LogP contribution in [0.1, 0.15) is 37.8 Å². The van der Waals surface area contributed by atoms with Crippen LogP contribution >= 0.6 is 15.9 Å². The molecule has 4 nitrogen and oxygen atoms in total. The lowest BCUT2D eigenvalue weighted by Gasteiger charge is -2.24. The Bertz CT molecular complexity index is 746. The summed E-state index contributed by atoms with van der Waals surface area (Å²) in [5.74, 6) is 1.20. The van der Waals surface area contributed by atoms with E-state index in [4.69, 9.17) is 5.73 Å². The van der Waals surface area contributed by atoms with Gasteiger partial charge in [0.05, 0.1) is 11.0 Å². The lowest BCUT2D eigenvalue weighted by atomic mass is 9.86. The molecule has 3 atom stereocenters. The number of hydrogen-bond acceptors (Lipinski definition) is 2. The molecular formula is C16H22BrN3O. The number of nitrogens with zero attached hydrogens (tertiary/aromatic N) is 2. The van der Waals surface area contributed by atoms with Gasteiger partial charge in [-0.05, 0) is 36.0 Å². The van der Waals surface area contributed by atoms with Gasteiger partial charge in [0, 0.05) is 24.6 Å². The van der Waals surface area contributed by atoms with Gasteiger partial charge in [-0.1, -0.05) is 35.7 Å². The first-order valence-corrected chi connectivity index (χ1v) is 8.31. The maximum Gasteiger partial charge on any atom is 0.328 e. The van der Waals surface area contributed by atoms with Gasteiger partial charge in [0.2, 0.25) is 0 Å². The first-order valence-electron chi connectivity index (χ1n) is 7.52. The Morgan fingerprint density at radius 1 is 1.24 bits per heavy atom. The number of rotatable bonds is 2. The van der Waals surface area contributed by atoms with Gasteiger partial charge in [-0.3, -0.25) is 9.13 Å². The average molecular weight is 352 g/mol. The molecule has 0 amide bonds. The van der Waals surface area contributed by atoms with Crippen LogP contribution in [0.5, 0.6) is 0 Å². The summed E-state index contributed by atoms with van der Waals surface area (Å²) >= 11 is 3.65. The lowest BCUT2D eigenvalue weighted by Crippen LogP contribution is -2.23. The molecule has 1 heterocycles. The van der Waals surface area contributed by atoms with Crippen molar-refractivity contribution in [3.05, 3.63) is 32.7 Å². The summed E-state index contributed by atoms with van der Waals surface area (Å²) in [6, 6.07) is 4.12. The first kappa shape index (κ1) is 14.9. The zero-order valence-electron chi connectivity index (χ0n) is 12.8. The molecule has 0 aliphatic heterocycles. The van der Waals surface area contributed by atoms with Crippen LogP contribution < -0.4 is 11.4 Å². The van der Waals surface area contributed by atoms with Crippen molar-refractivity contribution < 1.29 is 0 Å². The summed E-state index contributed by atoms with van der Waals surface area (Å²) in [5.41, 5.74) is 9.54. The maximum atomic E-state index is 12.1.